The van der Waals surface area contributed by atoms with Crippen LogP contribution in [0.3, 0.4) is 0 Å². The van der Waals surface area contributed by atoms with E-state index in [0.29, 0.717) is 17.3 Å². The van der Waals surface area contributed by atoms with Gasteiger partial charge in [0.05, 0.1) is 0 Å². The second-order valence-electron chi connectivity index (χ2n) is 8.21. The lowest BCUT2D eigenvalue weighted by molar-refractivity contribution is -0.137. The number of alkyl halides is 3. The van der Waals surface area contributed by atoms with Gasteiger partial charge < -0.3 is 10.6 Å². The Morgan fingerprint density at radius 1 is 0.875 bits per heavy atom. The van der Waals surface area contributed by atoms with Gasteiger partial charge in [-0.2, -0.15) is 18.2 Å². The van der Waals surface area contributed by atoms with Crippen LogP contribution in [0.5, 0.6) is 0 Å². The molecule has 0 unspecified atom stereocenters. The quantitative estimate of drug-likeness (QED) is 0.414. The van der Waals surface area contributed by atoms with E-state index >= 15 is 0 Å². The van der Waals surface area contributed by atoms with Gasteiger partial charge in [-0.25, -0.2) is 4.98 Å². The molecule has 2 aromatic carbocycles. The van der Waals surface area contributed by atoms with E-state index in [1.165, 1.54) is 43.2 Å². The van der Waals surface area contributed by atoms with Gasteiger partial charge in [-0.05, 0) is 60.6 Å². The van der Waals surface area contributed by atoms with Crippen molar-refractivity contribution >= 4 is 23.1 Å². The van der Waals surface area contributed by atoms with Crippen LogP contribution in [0.15, 0.2) is 54.7 Å². The van der Waals surface area contributed by atoms with Crippen LogP contribution in [0.25, 0.3) is 0 Å². The van der Waals surface area contributed by atoms with Crippen molar-refractivity contribution in [3.8, 4) is 0 Å². The maximum Gasteiger partial charge on any atom is 0.421 e. The molecule has 1 saturated carbocycles. The van der Waals surface area contributed by atoms with Crippen LogP contribution in [-0.4, -0.2) is 9.97 Å². The molecule has 0 aliphatic heterocycles. The second-order valence-corrected chi connectivity index (χ2v) is 8.21. The van der Waals surface area contributed by atoms with E-state index in [1.807, 2.05) is 48.5 Å². The minimum atomic E-state index is -4.56. The van der Waals surface area contributed by atoms with Crippen LogP contribution in [0, 0.1) is 0 Å². The summed E-state index contributed by atoms with van der Waals surface area (Å²) in [6, 6.07) is 15.3. The Hall–Kier alpha value is -3.09. The fourth-order valence-electron chi connectivity index (χ4n) is 4.11. The highest BCUT2D eigenvalue weighted by atomic mass is 19.4. The maximum absolute atomic E-state index is 13.6. The van der Waals surface area contributed by atoms with Gasteiger partial charge in [0.15, 0.2) is 0 Å². The second kappa shape index (κ2) is 9.59. The Morgan fingerprint density at radius 3 is 2.12 bits per heavy atom. The molecule has 1 aromatic heterocycles. The molecule has 0 saturated heterocycles. The monoisotopic (exact) mass is 440 g/mol. The number of aryl methyl sites for hydroxylation is 1. The van der Waals surface area contributed by atoms with Crippen molar-refractivity contribution in [3.05, 3.63) is 71.4 Å². The molecule has 1 heterocycles. The van der Waals surface area contributed by atoms with Gasteiger partial charge in [-0.15, -0.1) is 0 Å². The van der Waals surface area contributed by atoms with Crippen molar-refractivity contribution < 1.29 is 13.2 Å². The van der Waals surface area contributed by atoms with Crippen molar-refractivity contribution in [2.45, 2.75) is 57.5 Å². The van der Waals surface area contributed by atoms with Crippen molar-refractivity contribution in [1.82, 2.24) is 9.97 Å². The molecule has 1 aliphatic carbocycles. The first-order valence-corrected chi connectivity index (χ1v) is 11.1. The van der Waals surface area contributed by atoms with Gasteiger partial charge in [0, 0.05) is 17.6 Å². The number of anilines is 4. The summed E-state index contributed by atoms with van der Waals surface area (Å²) >= 11 is 0. The lowest BCUT2D eigenvalue weighted by atomic mass is 9.84. The molecule has 4 rings (SSSR count). The normalized spacial score (nSPS) is 14.9. The molecular formula is C25H27F3N4. The van der Waals surface area contributed by atoms with E-state index in [1.54, 1.807) is 0 Å². The number of nitrogens with zero attached hydrogens (tertiary/aromatic N) is 2. The van der Waals surface area contributed by atoms with Gasteiger partial charge in [0.25, 0.3) is 0 Å². The summed E-state index contributed by atoms with van der Waals surface area (Å²) < 4.78 is 40.7. The lowest BCUT2D eigenvalue weighted by Crippen LogP contribution is -2.12. The zero-order valence-electron chi connectivity index (χ0n) is 18.0. The molecule has 0 radical (unpaired) electrons. The van der Waals surface area contributed by atoms with E-state index in [2.05, 4.69) is 27.5 Å². The van der Waals surface area contributed by atoms with E-state index in [-0.39, 0.29) is 11.8 Å². The third kappa shape index (κ3) is 5.39. The van der Waals surface area contributed by atoms with E-state index in [9.17, 15) is 13.2 Å². The number of nitrogens with one attached hydrogen (secondary N) is 2. The Balaban J connectivity index is 1.55. The summed E-state index contributed by atoms with van der Waals surface area (Å²) in [6.45, 7) is 2.06. The zero-order chi connectivity index (χ0) is 22.6. The van der Waals surface area contributed by atoms with Gasteiger partial charge in [-0.3, -0.25) is 0 Å². The fourth-order valence-corrected chi connectivity index (χ4v) is 4.11. The van der Waals surface area contributed by atoms with Gasteiger partial charge in [0.1, 0.15) is 11.4 Å². The molecule has 2 N–H and O–H groups in total. The van der Waals surface area contributed by atoms with Crippen LogP contribution in [-0.2, 0) is 12.6 Å². The third-order valence-electron chi connectivity index (χ3n) is 5.96. The first kappa shape index (κ1) is 22.1. The number of hydrogen-bond acceptors (Lipinski definition) is 4. The van der Waals surface area contributed by atoms with Crippen molar-refractivity contribution in [2.24, 2.45) is 0 Å². The summed E-state index contributed by atoms with van der Waals surface area (Å²) in [5, 5.41) is 5.83. The average Bonchev–Trinajstić information content (AvgIpc) is 2.80. The molecule has 0 amide bonds. The molecule has 1 aliphatic rings. The molecule has 0 spiro atoms. The summed E-state index contributed by atoms with van der Waals surface area (Å²) in [4.78, 5) is 8.01. The predicted molar refractivity (Wildman–Crippen MR) is 122 cm³/mol. The number of hydrogen-bond donors (Lipinski definition) is 2. The van der Waals surface area contributed by atoms with Crippen molar-refractivity contribution in [3.63, 3.8) is 0 Å². The van der Waals surface area contributed by atoms with Crippen molar-refractivity contribution in [2.75, 3.05) is 10.6 Å². The summed E-state index contributed by atoms with van der Waals surface area (Å²) in [5.74, 6) is 0.367. The number of rotatable bonds is 6. The van der Waals surface area contributed by atoms with Crippen LogP contribution in [0.1, 0.15) is 61.6 Å². The molecule has 0 atom stereocenters. The molecule has 1 fully saturated rings. The summed E-state index contributed by atoms with van der Waals surface area (Å²) in [5.41, 5.74) is 2.78. The fraction of sp³-hybridized carbons (Fsp3) is 0.360. The van der Waals surface area contributed by atoms with E-state index < -0.39 is 11.7 Å². The Morgan fingerprint density at radius 2 is 1.50 bits per heavy atom. The largest absolute Gasteiger partial charge is 0.421 e. The van der Waals surface area contributed by atoms with Gasteiger partial charge in [-0.1, -0.05) is 50.5 Å². The standard InChI is InChI=1S/C25H27F3N4/c1-2-17-8-12-21(13-9-17)31-24-29-16-22(25(26,27)28)23(32-24)30-20-14-10-19(11-15-20)18-6-4-3-5-7-18/h8-16,18H,2-7H2,1H3,(H2,29,30,31,32). The lowest BCUT2D eigenvalue weighted by Gasteiger charge is -2.22. The smallest absolute Gasteiger partial charge is 0.340 e. The number of aromatic nitrogens is 2. The highest BCUT2D eigenvalue weighted by Crippen LogP contribution is 2.36. The Kier molecular flexibility index (Phi) is 6.63. The van der Waals surface area contributed by atoms with Gasteiger partial charge in [0.2, 0.25) is 5.95 Å². The van der Waals surface area contributed by atoms with Crippen LogP contribution in [0.4, 0.5) is 36.3 Å². The molecule has 0 bridgehead atoms. The highest BCUT2D eigenvalue weighted by Gasteiger charge is 2.35. The average molecular weight is 441 g/mol. The minimum absolute atomic E-state index is 0.101. The SMILES string of the molecule is CCc1ccc(Nc2ncc(C(F)(F)F)c(Nc3ccc(C4CCCCC4)cc3)n2)cc1. The van der Waals surface area contributed by atoms with Crippen molar-refractivity contribution in [1.29, 1.82) is 0 Å². The Bertz CT molecular complexity index is 1020. The molecule has 32 heavy (non-hydrogen) atoms. The number of benzene rings is 2. The highest BCUT2D eigenvalue weighted by molar-refractivity contribution is 5.63. The zero-order valence-corrected chi connectivity index (χ0v) is 18.0. The van der Waals surface area contributed by atoms with Crippen LogP contribution in [0.2, 0.25) is 0 Å². The summed E-state index contributed by atoms with van der Waals surface area (Å²) in [7, 11) is 0. The molecular weight excluding hydrogens is 413 g/mol. The van der Waals surface area contributed by atoms with Gasteiger partial charge >= 0.3 is 6.18 Å². The molecule has 168 valence electrons. The van der Waals surface area contributed by atoms with Crippen LogP contribution >= 0.6 is 0 Å². The molecule has 3 aromatic rings. The number of halogens is 3. The maximum atomic E-state index is 13.6. The third-order valence-corrected chi connectivity index (χ3v) is 5.96. The first-order chi connectivity index (χ1) is 15.4. The molecule has 7 heteroatoms. The minimum Gasteiger partial charge on any atom is -0.340 e. The van der Waals surface area contributed by atoms with E-state index in [0.717, 1.165) is 12.6 Å². The topological polar surface area (TPSA) is 49.8 Å². The van der Waals surface area contributed by atoms with E-state index in [4.69, 9.17) is 0 Å². The predicted octanol–water partition coefficient (Wildman–Crippen LogP) is 7.59. The summed E-state index contributed by atoms with van der Waals surface area (Å²) in [6.07, 6.45) is 3.25. The van der Waals surface area contributed by atoms with Crippen LogP contribution < -0.4 is 10.6 Å². The molecule has 4 nitrogen and oxygen atoms in total. The first-order valence-electron chi connectivity index (χ1n) is 11.1. The Labute approximate surface area is 186 Å².